The maximum atomic E-state index is 13.3. The summed E-state index contributed by atoms with van der Waals surface area (Å²) < 4.78 is 5.08. The summed E-state index contributed by atoms with van der Waals surface area (Å²) in [6.07, 6.45) is 4.55. The minimum atomic E-state index is -0.367. The number of fused-ring (bicyclic) bond motifs is 4. The van der Waals surface area contributed by atoms with Crippen molar-refractivity contribution >= 4 is 23.2 Å². The zero-order valence-electron chi connectivity index (χ0n) is 19.8. The number of rotatable bonds is 6. The highest BCUT2D eigenvalue weighted by Gasteiger charge is 2.45. The van der Waals surface area contributed by atoms with Gasteiger partial charge in [-0.05, 0) is 48.2 Å². The zero-order chi connectivity index (χ0) is 24.0. The molecule has 0 saturated carbocycles. The summed E-state index contributed by atoms with van der Waals surface area (Å²) in [5, 5.41) is 29.8. The van der Waals surface area contributed by atoms with Crippen LogP contribution in [0.5, 0.6) is 5.75 Å². The minimum absolute atomic E-state index is 0.0760. The van der Waals surface area contributed by atoms with Gasteiger partial charge >= 0.3 is 6.03 Å². The predicted octanol–water partition coefficient (Wildman–Crippen LogP) is 3.84. The number of anilines is 2. The fourth-order valence-electron chi connectivity index (χ4n) is 5.92. The smallest absolute Gasteiger partial charge is 0.324 e. The second-order valence-corrected chi connectivity index (χ2v) is 9.80. The van der Waals surface area contributed by atoms with E-state index in [1.807, 2.05) is 30.3 Å². The van der Waals surface area contributed by atoms with E-state index >= 15 is 0 Å². The van der Waals surface area contributed by atoms with Crippen LogP contribution in [0.2, 0.25) is 0 Å². The molecule has 1 saturated heterocycles. The molecule has 3 heterocycles. The third kappa shape index (κ3) is 4.05. The number of nitrogens with zero attached hydrogens (tertiary/aromatic N) is 2. The molecule has 0 bridgehead atoms. The monoisotopic (exact) mass is 474 g/mol. The van der Waals surface area contributed by atoms with Crippen LogP contribution in [0.25, 0.3) is 0 Å². The average Bonchev–Trinajstić information content (AvgIpc) is 3.60. The molecule has 3 aliphatic rings. The number of aromatic amines is 1. The van der Waals surface area contributed by atoms with Crippen LogP contribution < -0.4 is 25.3 Å². The number of hydrogen-bond donors (Lipinski definition) is 4. The number of aromatic nitrogens is 2. The molecule has 0 radical (unpaired) electrons. The van der Waals surface area contributed by atoms with Crippen LogP contribution >= 0.6 is 0 Å². The number of H-pyrrole nitrogens is 1. The SMILES string of the molecule is COc1ccc2c(c1)CC(NCc1cc(NC(=O)Nc3cccc4c3CC3CCC[N+]43[O-])n[nH]1)C2. The van der Waals surface area contributed by atoms with E-state index in [0.29, 0.717) is 37.1 Å². The normalized spacial score (nSPS) is 24.1. The van der Waals surface area contributed by atoms with E-state index < -0.39 is 0 Å². The number of amides is 2. The Kier molecular flexibility index (Phi) is 5.47. The number of methoxy groups -OCH3 is 1. The van der Waals surface area contributed by atoms with Crippen molar-refractivity contribution in [3.05, 3.63) is 70.1 Å². The molecule has 4 N–H and O–H groups in total. The van der Waals surface area contributed by atoms with Crippen LogP contribution in [0.15, 0.2) is 42.5 Å². The molecule has 3 aromatic rings. The van der Waals surface area contributed by atoms with Crippen LogP contribution in [0.3, 0.4) is 0 Å². The van der Waals surface area contributed by atoms with Gasteiger partial charge in [-0.15, -0.1) is 0 Å². The predicted molar refractivity (Wildman–Crippen MR) is 135 cm³/mol. The maximum Gasteiger partial charge on any atom is 0.324 e. The van der Waals surface area contributed by atoms with E-state index in [0.717, 1.165) is 48.4 Å². The lowest BCUT2D eigenvalue weighted by atomic mass is 10.1. The Balaban J connectivity index is 1.04. The number of benzene rings is 2. The van der Waals surface area contributed by atoms with Crippen LogP contribution in [-0.4, -0.2) is 42.0 Å². The molecule has 1 aromatic heterocycles. The van der Waals surface area contributed by atoms with Crippen LogP contribution in [-0.2, 0) is 25.8 Å². The summed E-state index contributed by atoms with van der Waals surface area (Å²) in [4.78, 5) is 12.7. The van der Waals surface area contributed by atoms with Gasteiger partial charge in [0.2, 0.25) is 0 Å². The summed E-state index contributed by atoms with van der Waals surface area (Å²) in [5.41, 5.74) is 6.04. The number of hydrogen-bond acceptors (Lipinski definition) is 5. The number of carbonyl (C=O) groups is 1. The Morgan fingerprint density at radius 1 is 1.17 bits per heavy atom. The Labute approximate surface area is 204 Å². The Morgan fingerprint density at radius 3 is 2.94 bits per heavy atom. The highest BCUT2D eigenvalue weighted by Crippen LogP contribution is 2.46. The number of carbonyl (C=O) groups excluding carboxylic acids is 1. The van der Waals surface area contributed by atoms with E-state index in [2.05, 4.69) is 38.3 Å². The lowest BCUT2D eigenvalue weighted by Gasteiger charge is -2.39. The van der Waals surface area contributed by atoms with Crippen molar-refractivity contribution in [3.63, 3.8) is 0 Å². The molecular formula is C26H30N6O3. The van der Waals surface area contributed by atoms with Crippen molar-refractivity contribution in [3.8, 4) is 5.75 Å². The van der Waals surface area contributed by atoms with Gasteiger partial charge in [0.1, 0.15) is 11.4 Å². The van der Waals surface area contributed by atoms with Gasteiger partial charge in [-0.2, -0.15) is 5.10 Å². The van der Waals surface area contributed by atoms with Crippen molar-refractivity contribution < 1.29 is 9.53 Å². The summed E-state index contributed by atoms with van der Waals surface area (Å²) in [5.74, 6) is 1.35. The van der Waals surface area contributed by atoms with E-state index in [1.165, 1.54) is 11.1 Å². The highest BCUT2D eigenvalue weighted by molar-refractivity contribution is 6.00. The molecule has 2 aliphatic heterocycles. The molecule has 0 spiro atoms. The first-order chi connectivity index (χ1) is 17.0. The molecule has 1 fully saturated rings. The molecule has 6 rings (SSSR count). The zero-order valence-corrected chi connectivity index (χ0v) is 19.8. The first-order valence-electron chi connectivity index (χ1n) is 12.2. The minimum Gasteiger partial charge on any atom is -0.627 e. The lowest BCUT2D eigenvalue weighted by Crippen LogP contribution is -2.44. The van der Waals surface area contributed by atoms with E-state index in [1.54, 1.807) is 7.11 Å². The molecular weight excluding hydrogens is 444 g/mol. The number of ether oxygens (including phenoxy) is 1. The number of urea groups is 1. The summed E-state index contributed by atoms with van der Waals surface area (Å²) in [6.45, 7) is 1.25. The third-order valence-electron chi connectivity index (χ3n) is 7.66. The Bertz CT molecular complexity index is 1270. The molecule has 9 nitrogen and oxygen atoms in total. The quantitative estimate of drug-likeness (QED) is 0.320. The summed E-state index contributed by atoms with van der Waals surface area (Å²) in [6, 6.07) is 13.8. The lowest BCUT2D eigenvalue weighted by molar-refractivity contribution is 0.262. The Hall–Kier alpha value is -3.40. The standard InChI is InChI=1S/C26H30N6O3/c1-35-21-8-7-16-10-18(11-17(16)12-21)27-15-19-13-25(31-30-19)29-26(33)28-23-5-2-6-24-22(23)14-20-4-3-9-32(20,24)34/h2,5-8,12-13,18,20,27H,3-4,9-11,14-15H2,1H3,(H3,28,29,30,31,33). The Morgan fingerprint density at radius 2 is 2.06 bits per heavy atom. The maximum absolute atomic E-state index is 13.3. The first-order valence-corrected chi connectivity index (χ1v) is 12.2. The average molecular weight is 475 g/mol. The van der Waals surface area contributed by atoms with E-state index in [4.69, 9.17) is 4.74 Å². The van der Waals surface area contributed by atoms with Gasteiger partial charge < -0.3 is 25.2 Å². The molecule has 3 unspecified atom stereocenters. The first kappa shape index (κ1) is 22.1. The van der Waals surface area contributed by atoms with Gasteiger partial charge in [0, 0.05) is 43.5 Å². The third-order valence-corrected chi connectivity index (χ3v) is 7.66. The molecule has 182 valence electrons. The summed E-state index contributed by atoms with van der Waals surface area (Å²) in [7, 11) is 1.69. The van der Waals surface area contributed by atoms with Gasteiger partial charge in [0.05, 0.1) is 31.1 Å². The number of quaternary nitrogens is 1. The molecule has 9 heteroatoms. The van der Waals surface area contributed by atoms with E-state index in [9.17, 15) is 10.0 Å². The van der Waals surface area contributed by atoms with Gasteiger partial charge in [0.25, 0.3) is 0 Å². The molecule has 2 aromatic carbocycles. The van der Waals surface area contributed by atoms with Crippen molar-refractivity contribution in [2.75, 3.05) is 24.3 Å². The molecule has 2 amide bonds. The van der Waals surface area contributed by atoms with Crippen molar-refractivity contribution in [2.45, 2.75) is 50.7 Å². The van der Waals surface area contributed by atoms with Gasteiger partial charge in [-0.1, -0.05) is 12.1 Å². The fraction of sp³-hybridized carbons (Fsp3) is 0.385. The topological polar surface area (TPSA) is 114 Å². The number of hydroxylamine groups is 2. The van der Waals surface area contributed by atoms with Crippen molar-refractivity contribution in [2.24, 2.45) is 0 Å². The van der Waals surface area contributed by atoms with Crippen molar-refractivity contribution in [1.29, 1.82) is 0 Å². The molecule has 1 aliphatic carbocycles. The van der Waals surface area contributed by atoms with Crippen LogP contribution in [0, 0.1) is 5.21 Å². The van der Waals surface area contributed by atoms with E-state index in [-0.39, 0.29) is 16.7 Å². The molecule has 35 heavy (non-hydrogen) atoms. The second kappa shape index (κ2) is 8.67. The fourth-order valence-corrected chi connectivity index (χ4v) is 5.92. The van der Waals surface area contributed by atoms with Gasteiger partial charge in [0.15, 0.2) is 5.82 Å². The summed E-state index contributed by atoms with van der Waals surface area (Å²) >= 11 is 0. The highest BCUT2D eigenvalue weighted by atomic mass is 16.6. The second-order valence-electron chi connectivity index (χ2n) is 9.80. The largest absolute Gasteiger partial charge is 0.627 e. The van der Waals surface area contributed by atoms with Crippen LogP contribution in [0.4, 0.5) is 22.0 Å². The number of nitrogens with one attached hydrogen (secondary N) is 4. The van der Waals surface area contributed by atoms with Gasteiger partial charge in [-0.25, -0.2) is 4.79 Å². The van der Waals surface area contributed by atoms with Crippen molar-refractivity contribution in [1.82, 2.24) is 20.2 Å². The van der Waals surface area contributed by atoms with Gasteiger partial charge in [-0.3, -0.25) is 10.4 Å². The van der Waals surface area contributed by atoms with Crippen LogP contribution in [0.1, 0.15) is 35.2 Å². The molecule has 3 atom stereocenters.